The molecule has 2 heteroatoms. The van der Waals surface area contributed by atoms with Crippen molar-refractivity contribution in [3.8, 4) is 0 Å². The molecule has 1 heterocycles. The molecule has 1 aromatic heterocycles. The van der Waals surface area contributed by atoms with E-state index >= 15 is 0 Å². The van der Waals surface area contributed by atoms with E-state index in [4.69, 9.17) is 0 Å². The summed E-state index contributed by atoms with van der Waals surface area (Å²) in [6.45, 7) is 7.24. The van der Waals surface area contributed by atoms with Gasteiger partial charge in [0.1, 0.15) is 0 Å². The molecule has 0 fully saturated rings. The molecule has 0 saturated heterocycles. The van der Waals surface area contributed by atoms with E-state index in [1.54, 1.807) is 0 Å². The van der Waals surface area contributed by atoms with Crippen molar-refractivity contribution >= 4 is 0 Å². The van der Waals surface area contributed by atoms with Crippen LogP contribution in [0.15, 0.2) is 42.5 Å². The third-order valence-electron chi connectivity index (χ3n) is 3.24. The Bertz CT molecular complexity index is 500. The zero-order valence-corrected chi connectivity index (χ0v) is 12.0. The molecule has 0 saturated carbocycles. The van der Waals surface area contributed by atoms with Crippen molar-refractivity contribution in [3.05, 3.63) is 65.0 Å². The molecule has 0 aliphatic rings. The van der Waals surface area contributed by atoms with Gasteiger partial charge in [-0.15, -0.1) is 0 Å². The summed E-state index contributed by atoms with van der Waals surface area (Å²) < 4.78 is 0. The number of hydrogen-bond acceptors (Lipinski definition) is 2. The number of aryl methyl sites for hydroxylation is 2. The van der Waals surface area contributed by atoms with Crippen LogP contribution in [0.5, 0.6) is 0 Å². The SMILES string of the molecule is CCNC(Cc1ccccc1)c1cc(C)nc(C)c1. The smallest absolute Gasteiger partial charge is 0.0379 e. The highest BCUT2D eigenvalue weighted by molar-refractivity contribution is 5.26. The van der Waals surface area contributed by atoms with Gasteiger partial charge in [0.25, 0.3) is 0 Å². The van der Waals surface area contributed by atoms with Crippen LogP contribution in [-0.2, 0) is 6.42 Å². The molecule has 1 unspecified atom stereocenters. The fraction of sp³-hybridized carbons (Fsp3) is 0.353. The number of hydrogen-bond donors (Lipinski definition) is 1. The van der Waals surface area contributed by atoms with Crippen LogP contribution in [0.25, 0.3) is 0 Å². The Kier molecular flexibility index (Phi) is 4.69. The zero-order valence-electron chi connectivity index (χ0n) is 12.0. The van der Waals surface area contributed by atoms with Crippen molar-refractivity contribution in [1.29, 1.82) is 0 Å². The summed E-state index contributed by atoms with van der Waals surface area (Å²) in [6, 6.07) is 15.4. The summed E-state index contributed by atoms with van der Waals surface area (Å²) in [5.74, 6) is 0. The van der Waals surface area contributed by atoms with Gasteiger partial charge in [-0.1, -0.05) is 37.3 Å². The van der Waals surface area contributed by atoms with Crippen LogP contribution in [0.1, 0.15) is 35.5 Å². The van der Waals surface area contributed by atoms with Crippen LogP contribution in [-0.4, -0.2) is 11.5 Å². The van der Waals surface area contributed by atoms with E-state index in [1.807, 2.05) is 0 Å². The molecule has 1 N–H and O–H groups in total. The third kappa shape index (κ3) is 3.90. The molecule has 100 valence electrons. The molecule has 0 bridgehead atoms. The minimum atomic E-state index is 0.354. The monoisotopic (exact) mass is 254 g/mol. The molecule has 0 amide bonds. The second kappa shape index (κ2) is 6.48. The normalized spacial score (nSPS) is 12.4. The minimum absolute atomic E-state index is 0.354. The molecule has 0 aliphatic heterocycles. The van der Waals surface area contributed by atoms with E-state index in [0.29, 0.717) is 6.04 Å². The average molecular weight is 254 g/mol. The maximum Gasteiger partial charge on any atom is 0.0379 e. The van der Waals surface area contributed by atoms with Gasteiger partial charge < -0.3 is 5.32 Å². The number of nitrogens with zero attached hydrogens (tertiary/aromatic N) is 1. The topological polar surface area (TPSA) is 24.9 Å². The molecular formula is C17H22N2. The van der Waals surface area contributed by atoms with Crippen LogP contribution in [0.3, 0.4) is 0 Å². The van der Waals surface area contributed by atoms with E-state index in [9.17, 15) is 0 Å². The minimum Gasteiger partial charge on any atom is -0.310 e. The molecule has 19 heavy (non-hydrogen) atoms. The Morgan fingerprint density at radius 2 is 1.68 bits per heavy atom. The molecule has 2 nitrogen and oxygen atoms in total. The first-order valence-electron chi connectivity index (χ1n) is 6.91. The van der Waals surface area contributed by atoms with Crippen molar-refractivity contribution in [2.75, 3.05) is 6.54 Å². The van der Waals surface area contributed by atoms with E-state index in [2.05, 4.69) is 73.5 Å². The number of rotatable bonds is 5. The highest BCUT2D eigenvalue weighted by Crippen LogP contribution is 2.19. The fourth-order valence-corrected chi connectivity index (χ4v) is 2.47. The molecule has 2 aromatic rings. The zero-order chi connectivity index (χ0) is 13.7. The largest absolute Gasteiger partial charge is 0.310 e. The van der Waals surface area contributed by atoms with Crippen molar-refractivity contribution < 1.29 is 0 Å². The first-order valence-corrected chi connectivity index (χ1v) is 6.91. The standard InChI is InChI=1S/C17H22N2/c1-4-18-17(12-15-8-6-5-7-9-15)16-10-13(2)19-14(3)11-16/h5-11,17-18H,4,12H2,1-3H3. The fourth-order valence-electron chi connectivity index (χ4n) is 2.47. The summed E-state index contributed by atoms with van der Waals surface area (Å²) in [6.07, 6.45) is 1.01. The van der Waals surface area contributed by atoms with Gasteiger partial charge in [0.05, 0.1) is 0 Å². The maximum absolute atomic E-state index is 4.46. The quantitative estimate of drug-likeness (QED) is 0.882. The summed E-state index contributed by atoms with van der Waals surface area (Å²) in [5.41, 5.74) is 4.87. The Morgan fingerprint density at radius 1 is 1.05 bits per heavy atom. The number of benzene rings is 1. The molecule has 0 aliphatic carbocycles. The molecule has 2 rings (SSSR count). The van der Waals surface area contributed by atoms with E-state index in [1.165, 1.54) is 11.1 Å². The lowest BCUT2D eigenvalue weighted by atomic mass is 9.98. The van der Waals surface area contributed by atoms with Crippen molar-refractivity contribution in [2.24, 2.45) is 0 Å². The second-order valence-electron chi connectivity index (χ2n) is 4.98. The van der Waals surface area contributed by atoms with E-state index in [-0.39, 0.29) is 0 Å². The summed E-state index contributed by atoms with van der Waals surface area (Å²) in [4.78, 5) is 4.46. The summed E-state index contributed by atoms with van der Waals surface area (Å²) >= 11 is 0. The predicted molar refractivity (Wildman–Crippen MR) is 80.3 cm³/mol. The van der Waals surface area contributed by atoms with Crippen LogP contribution >= 0.6 is 0 Å². The highest BCUT2D eigenvalue weighted by atomic mass is 14.9. The van der Waals surface area contributed by atoms with Crippen LogP contribution < -0.4 is 5.32 Å². The van der Waals surface area contributed by atoms with E-state index in [0.717, 1.165) is 24.4 Å². The van der Waals surface area contributed by atoms with Crippen molar-refractivity contribution in [1.82, 2.24) is 10.3 Å². The second-order valence-corrected chi connectivity index (χ2v) is 4.98. The first-order chi connectivity index (χ1) is 9.19. The van der Waals surface area contributed by atoms with Gasteiger partial charge in [-0.2, -0.15) is 0 Å². The number of aromatic nitrogens is 1. The van der Waals surface area contributed by atoms with Gasteiger partial charge in [-0.3, -0.25) is 4.98 Å². The number of pyridine rings is 1. The first kappa shape index (κ1) is 13.8. The van der Waals surface area contributed by atoms with Gasteiger partial charge in [-0.05, 0) is 50.1 Å². The lowest BCUT2D eigenvalue weighted by Crippen LogP contribution is -2.23. The van der Waals surface area contributed by atoms with Crippen molar-refractivity contribution in [3.63, 3.8) is 0 Å². The summed E-state index contributed by atoms with van der Waals surface area (Å²) in [5, 5.41) is 3.57. The van der Waals surface area contributed by atoms with Gasteiger partial charge in [0, 0.05) is 17.4 Å². The Labute approximate surface area is 115 Å². The van der Waals surface area contributed by atoms with Crippen LogP contribution in [0, 0.1) is 13.8 Å². The number of nitrogens with one attached hydrogen (secondary N) is 1. The maximum atomic E-state index is 4.46. The van der Waals surface area contributed by atoms with Gasteiger partial charge in [0.2, 0.25) is 0 Å². The Balaban J connectivity index is 2.24. The average Bonchev–Trinajstić information content (AvgIpc) is 2.38. The number of likely N-dealkylation sites (N-methyl/N-ethyl adjacent to an activating group) is 1. The molecule has 0 radical (unpaired) electrons. The molecule has 0 spiro atoms. The predicted octanol–water partition coefficient (Wildman–Crippen LogP) is 3.59. The van der Waals surface area contributed by atoms with Crippen LogP contribution in [0.2, 0.25) is 0 Å². The molecular weight excluding hydrogens is 232 g/mol. The lowest BCUT2D eigenvalue weighted by Gasteiger charge is -2.19. The third-order valence-corrected chi connectivity index (χ3v) is 3.24. The lowest BCUT2D eigenvalue weighted by molar-refractivity contribution is 0.548. The molecule has 1 atom stereocenters. The highest BCUT2D eigenvalue weighted by Gasteiger charge is 2.12. The van der Waals surface area contributed by atoms with E-state index < -0.39 is 0 Å². The van der Waals surface area contributed by atoms with Crippen molar-refractivity contribution in [2.45, 2.75) is 33.2 Å². The molecule has 1 aromatic carbocycles. The van der Waals surface area contributed by atoms with Gasteiger partial charge >= 0.3 is 0 Å². The van der Waals surface area contributed by atoms with Crippen LogP contribution in [0.4, 0.5) is 0 Å². The van der Waals surface area contributed by atoms with Gasteiger partial charge in [0.15, 0.2) is 0 Å². The Hall–Kier alpha value is -1.67. The Morgan fingerprint density at radius 3 is 2.26 bits per heavy atom. The van der Waals surface area contributed by atoms with Gasteiger partial charge in [-0.25, -0.2) is 0 Å². The summed E-state index contributed by atoms with van der Waals surface area (Å²) in [7, 11) is 0.